The van der Waals surface area contributed by atoms with E-state index in [1.807, 2.05) is 18.2 Å². The number of hydrogen-bond donors (Lipinski definition) is 3. The van der Waals surface area contributed by atoms with Crippen LogP contribution in [-0.4, -0.2) is 60.0 Å². The molecule has 4 N–H and O–H groups in total. The Bertz CT molecular complexity index is 864. The summed E-state index contributed by atoms with van der Waals surface area (Å²) in [4.78, 5) is 44.0. The molecule has 4 amide bonds. The van der Waals surface area contributed by atoms with Crippen LogP contribution in [0, 0.1) is 0 Å². The van der Waals surface area contributed by atoms with E-state index in [1.165, 1.54) is 12.1 Å². The van der Waals surface area contributed by atoms with Gasteiger partial charge in [-0.25, -0.2) is 9.78 Å². The second-order valence-electron chi connectivity index (χ2n) is 6.76. The number of hydrogen-bond acceptors (Lipinski definition) is 5. The molecule has 2 aromatic rings. The normalized spacial score (nSPS) is 14.8. The molecular weight excluding hydrogens is 372 g/mol. The number of aromatic nitrogens is 1. The van der Waals surface area contributed by atoms with E-state index in [0.717, 1.165) is 5.82 Å². The summed E-state index contributed by atoms with van der Waals surface area (Å²) in [6.07, 6.45) is 1.75. The summed E-state index contributed by atoms with van der Waals surface area (Å²) in [5.74, 6) is 0.00612. The zero-order chi connectivity index (χ0) is 20.8. The largest absolute Gasteiger partial charge is 0.366 e. The number of nitrogens with one attached hydrogen (secondary N) is 2. The van der Waals surface area contributed by atoms with E-state index in [2.05, 4.69) is 20.5 Å². The number of nitrogens with two attached hydrogens (primary N) is 1. The van der Waals surface area contributed by atoms with Crippen molar-refractivity contribution in [3.63, 3.8) is 0 Å². The summed E-state index contributed by atoms with van der Waals surface area (Å²) in [6, 6.07) is 11.0. The molecular formula is C20H24N6O3. The molecule has 1 fully saturated rings. The fourth-order valence-corrected chi connectivity index (χ4v) is 2.99. The van der Waals surface area contributed by atoms with Gasteiger partial charge in [0.05, 0.1) is 0 Å². The van der Waals surface area contributed by atoms with Gasteiger partial charge in [0.15, 0.2) is 0 Å². The maximum absolute atomic E-state index is 12.5. The van der Waals surface area contributed by atoms with E-state index in [4.69, 9.17) is 5.73 Å². The van der Waals surface area contributed by atoms with Gasteiger partial charge in [0.2, 0.25) is 11.8 Å². The molecule has 0 bridgehead atoms. The van der Waals surface area contributed by atoms with Gasteiger partial charge >= 0.3 is 6.03 Å². The zero-order valence-electron chi connectivity index (χ0n) is 16.2. The lowest BCUT2D eigenvalue weighted by atomic mass is 10.2. The maximum atomic E-state index is 12.5. The highest BCUT2D eigenvalue weighted by Crippen LogP contribution is 2.13. The van der Waals surface area contributed by atoms with E-state index >= 15 is 0 Å². The van der Waals surface area contributed by atoms with Crippen molar-refractivity contribution in [1.82, 2.24) is 15.2 Å². The average Bonchev–Trinajstić information content (AvgIpc) is 2.74. The first-order chi connectivity index (χ1) is 13.9. The quantitative estimate of drug-likeness (QED) is 0.697. The summed E-state index contributed by atoms with van der Waals surface area (Å²) >= 11 is 0. The minimum atomic E-state index is -0.716. The molecule has 0 saturated carbocycles. The number of primary amides is 1. The van der Waals surface area contributed by atoms with Gasteiger partial charge in [-0.05, 0) is 43.3 Å². The second-order valence-corrected chi connectivity index (χ2v) is 6.76. The Morgan fingerprint density at radius 2 is 1.72 bits per heavy atom. The topological polar surface area (TPSA) is 121 Å². The van der Waals surface area contributed by atoms with E-state index in [-0.39, 0.29) is 11.9 Å². The SMILES string of the molecule is CC(NC(=O)N1CCN(c2ccccn2)CC1)C(=O)Nc1ccc(C(N)=O)cc1. The van der Waals surface area contributed by atoms with Crippen LogP contribution < -0.4 is 21.3 Å². The van der Waals surface area contributed by atoms with Crippen LogP contribution in [0.4, 0.5) is 16.3 Å². The zero-order valence-corrected chi connectivity index (χ0v) is 16.2. The van der Waals surface area contributed by atoms with Crippen LogP contribution in [0.1, 0.15) is 17.3 Å². The molecule has 29 heavy (non-hydrogen) atoms. The Labute approximate surface area is 168 Å². The number of urea groups is 1. The van der Waals surface area contributed by atoms with Crippen molar-refractivity contribution in [1.29, 1.82) is 0 Å². The lowest BCUT2D eigenvalue weighted by Gasteiger charge is -2.35. The Hall–Kier alpha value is -3.62. The third-order valence-electron chi connectivity index (χ3n) is 4.71. The Kier molecular flexibility index (Phi) is 6.28. The van der Waals surface area contributed by atoms with E-state index < -0.39 is 11.9 Å². The van der Waals surface area contributed by atoms with Gasteiger partial charge in [-0.3, -0.25) is 9.59 Å². The Balaban J connectivity index is 1.47. The minimum absolute atomic E-state index is 0.280. The van der Waals surface area contributed by atoms with E-state index in [0.29, 0.717) is 37.4 Å². The lowest BCUT2D eigenvalue weighted by molar-refractivity contribution is -0.117. The predicted octanol–water partition coefficient (Wildman–Crippen LogP) is 1.04. The maximum Gasteiger partial charge on any atom is 0.318 e. The first kappa shape index (κ1) is 20.1. The first-order valence-electron chi connectivity index (χ1n) is 9.36. The fraction of sp³-hybridized carbons (Fsp3) is 0.300. The van der Waals surface area contributed by atoms with Crippen molar-refractivity contribution in [2.45, 2.75) is 13.0 Å². The van der Waals surface area contributed by atoms with E-state index in [9.17, 15) is 14.4 Å². The van der Waals surface area contributed by atoms with Gasteiger partial charge in [-0.1, -0.05) is 6.07 Å². The van der Waals surface area contributed by atoms with Crippen molar-refractivity contribution in [2.75, 3.05) is 36.4 Å². The number of pyridine rings is 1. The van der Waals surface area contributed by atoms with E-state index in [1.54, 1.807) is 30.2 Å². The first-order valence-corrected chi connectivity index (χ1v) is 9.36. The van der Waals surface area contributed by atoms with Gasteiger partial charge in [0.25, 0.3) is 0 Å². The number of benzene rings is 1. The van der Waals surface area contributed by atoms with Crippen molar-refractivity contribution in [3.8, 4) is 0 Å². The number of piperazine rings is 1. The number of carbonyl (C=O) groups is 3. The molecule has 1 atom stereocenters. The third-order valence-corrected chi connectivity index (χ3v) is 4.71. The van der Waals surface area contributed by atoms with Crippen LogP contribution in [0.5, 0.6) is 0 Å². The number of rotatable bonds is 5. The van der Waals surface area contributed by atoms with Gasteiger partial charge in [0, 0.05) is 43.6 Å². The average molecular weight is 396 g/mol. The van der Waals surface area contributed by atoms with Crippen LogP contribution >= 0.6 is 0 Å². The Morgan fingerprint density at radius 3 is 2.31 bits per heavy atom. The van der Waals surface area contributed by atoms with Crippen LogP contribution in [0.2, 0.25) is 0 Å². The number of amides is 4. The van der Waals surface area contributed by atoms with Crippen LogP contribution in [0.25, 0.3) is 0 Å². The molecule has 152 valence electrons. The molecule has 1 unspecified atom stereocenters. The van der Waals surface area contributed by atoms with Crippen molar-refractivity contribution in [2.24, 2.45) is 5.73 Å². The number of nitrogens with zero attached hydrogens (tertiary/aromatic N) is 3. The van der Waals surface area contributed by atoms with Crippen LogP contribution in [0.3, 0.4) is 0 Å². The van der Waals surface area contributed by atoms with Gasteiger partial charge < -0.3 is 26.2 Å². The highest BCUT2D eigenvalue weighted by Gasteiger charge is 2.24. The molecule has 0 spiro atoms. The number of anilines is 2. The van der Waals surface area contributed by atoms with Crippen molar-refractivity contribution >= 4 is 29.4 Å². The van der Waals surface area contributed by atoms with Crippen molar-refractivity contribution in [3.05, 3.63) is 54.2 Å². The molecule has 0 radical (unpaired) electrons. The third kappa shape index (κ3) is 5.22. The molecule has 1 aromatic carbocycles. The molecule has 1 aliphatic rings. The monoisotopic (exact) mass is 396 g/mol. The summed E-state index contributed by atoms with van der Waals surface area (Å²) in [7, 11) is 0. The molecule has 9 heteroatoms. The number of carbonyl (C=O) groups excluding carboxylic acids is 3. The van der Waals surface area contributed by atoms with Gasteiger partial charge in [0.1, 0.15) is 11.9 Å². The Morgan fingerprint density at radius 1 is 1.03 bits per heavy atom. The lowest BCUT2D eigenvalue weighted by Crippen LogP contribution is -2.54. The predicted molar refractivity (Wildman–Crippen MR) is 110 cm³/mol. The highest BCUT2D eigenvalue weighted by atomic mass is 16.2. The molecule has 3 rings (SSSR count). The fourth-order valence-electron chi connectivity index (χ4n) is 2.99. The molecule has 2 heterocycles. The molecule has 1 aliphatic heterocycles. The van der Waals surface area contributed by atoms with Crippen LogP contribution in [-0.2, 0) is 4.79 Å². The molecule has 9 nitrogen and oxygen atoms in total. The highest BCUT2D eigenvalue weighted by molar-refractivity contribution is 5.97. The minimum Gasteiger partial charge on any atom is -0.366 e. The van der Waals surface area contributed by atoms with Crippen molar-refractivity contribution < 1.29 is 14.4 Å². The van der Waals surface area contributed by atoms with Gasteiger partial charge in [-0.2, -0.15) is 0 Å². The summed E-state index contributed by atoms with van der Waals surface area (Å²) in [5.41, 5.74) is 6.07. The second kappa shape index (κ2) is 9.05. The summed E-state index contributed by atoms with van der Waals surface area (Å²) in [6.45, 7) is 4.07. The van der Waals surface area contributed by atoms with Crippen LogP contribution in [0.15, 0.2) is 48.7 Å². The smallest absolute Gasteiger partial charge is 0.318 e. The summed E-state index contributed by atoms with van der Waals surface area (Å²) in [5, 5.41) is 5.42. The standard InChI is InChI=1S/C20H24N6O3/c1-14(19(28)24-16-7-5-15(6-8-16)18(21)27)23-20(29)26-12-10-25(11-13-26)17-4-2-3-9-22-17/h2-9,14H,10-13H2,1H3,(H2,21,27)(H,23,29)(H,24,28). The molecule has 1 saturated heterocycles. The van der Waals surface area contributed by atoms with Gasteiger partial charge in [-0.15, -0.1) is 0 Å². The molecule has 0 aliphatic carbocycles. The summed E-state index contributed by atoms with van der Waals surface area (Å²) < 4.78 is 0. The molecule has 1 aromatic heterocycles.